The Kier molecular flexibility index (Phi) is 11.4. The highest BCUT2D eigenvalue weighted by Crippen LogP contribution is 2.37. The van der Waals surface area contributed by atoms with Crippen molar-refractivity contribution in [1.82, 2.24) is 16.0 Å². The number of nitrogens with one attached hydrogen (secondary N) is 3. The van der Waals surface area contributed by atoms with Gasteiger partial charge >= 0.3 is 0 Å². The van der Waals surface area contributed by atoms with Crippen LogP contribution in [0.2, 0.25) is 0 Å². The molecule has 0 aromatic heterocycles. The minimum absolute atomic E-state index is 0.104. The summed E-state index contributed by atoms with van der Waals surface area (Å²) < 4.78 is 18.4. The Morgan fingerprint density at radius 1 is 1.12 bits per heavy atom. The van der Waals surface area contributed by atoms with E-state index in [1.807, 2.05) is 6.08 Å². The SMILES string of the molecule is CNC1C(O)C(OC2C(NC(CO)CO)CC(N)C(C3OC(CN)=CCC3NCC3CC(N)C3)C2O)OCC1(C)O. The number of nitrogens with two attached hydrogens (primary N) is 3. The lowest BCUT2D eigenvalue weighted by atomic mass is 9.72. The molecule has 0 spiro atoms. The number of rotatable bonds is 12. The fourth-order valence-electron chi connectivity index (χ4n) is 6.90. The molecule has 14 N–H and O–H groups in total. The number of hydrogen-bond donors (Lipinski definition) is 11. The van der Waals surface area contributed by atoms with Crippen LogP contribution in [0.3, 0.4) is 0 Å². The predicted molar refractivity (Wildman–Crippen MR) is 150 cm³/mol. The lowest BCUT2D eigenvalue weighted by molar-refractivity contribution is -0.298. The van der Waals surface area contributed by atoms with Gasteiger partial charge in [-0.1, -0.05) is 0 Å². The summed E-state index contributed by atoms with van der Waals surface area (Å²) in [6.45, 7) is 1.76. The lowest BCUT2D eigenvalue weighted by Gasteiger charge is -2.51. The first-order chi connectivity index (χ1) is 19.5. The summed E-state index contributed by atoms with van der Waals surface area (Å²) >= 11 is 0. The van der Waals surface area contributed by atoms with E-state index in [4.69, 9.17) is 31.4 Å². The van der Waals surface area contributed by atoms with Crippen LogP contribution in [0.4, 0.5) is 0 Å². The molecular formula is C27H52N6O8. The second kappa shape index (κ2) is 14.2. The van der Waals surface area contributed by atoms with Gasteiger partial charge in [-0.15, -0.1) is 0 Å². The summed E-state index contributed by atoms with van der Waals surface area (Å²) in [4.78, 5) is 0. The third-order valence-corrected chi connectivity index (χ3v) is 9.28. The summed E-state index contributed by atoms with van der Waals surface area (Å²) in [5.74, 6) is 0.526. The molecule has 11 unspecified atom stereocenters. The van der Waals surface area contributed by atoms with Gasteiger partial charge in [0.25, 0.3) is 0 Å². The molecule has 2 aliphatic heterocycles. The van der Waals surface area contributed by atoms with Gasteiger partial charge in [-0.05, 0) is 58.2 Å². The second-order valence-corrected chi connectivity index (χ2v) is 12.5. The van der Waals surface area contributed by atoms with Gasteiger partial charge in [0, 0.05) is 30.1 Å². The highest BCUT2D eigenvalue weighted by Gasteiger charge is 2.53. The zero-order chi connectivity index (χ0) is 29.9. The van der Waals surface area contributed by atoms with Gasteiger partial charge in [0.2, 0.25) is 0 Å². The van der Waals surface area contributed by atoms with Crippen LogP contribution in [0.15, 0.2) is 11.8 Å². The highest BCUT2D eigenvalue weighted by atomic mass is 16.7. The first-order valence-corrected chi connectivity index (χ1v) is 14.8. The average Bonchev–Trinajstić information content (AvgIpc) is 2.92. The summed E-state index contributed by atoms with van der Waals surface area (Å²) in [7, 11) is 1.63. The summed E-state index contributed by atoms with van der Waals surface area (Å²) in [5.41, 5.74) is 17.3. The third-order valence-electron chi connectivity index (χ3n) is 9.28. The number of ether oxygens (including phenoxy) is 3. The minimum Gasteiger partial charge on any atom is -0.492 e. The van der Waals surface area contributed by atoms with Gasteiger partial charge in [-0.25, -0.2) is 0 Å². The molecule has 238 valence electrons. The van der Waals surface area contributed by atoms with Crippen molar-refractivity contribution in [2.45, 2.75) is 105 Å². The van der Waals surface area contributed by atoms with Crippen molar-refractivity contribution in [3.63, 3.8) is 0 Å². The molecule has 1 saturated heterocycles. The van der Waals surface area contributed by atoms with E-state index < -0.39 is 66.4 Å². The van der Waals surface area contributed by atoms with E-state index in [9.17, 15) is 25.5 Å². The monoisotopic (exact) mass is 588 g/mol. The number of hydrogen-bond acceptors (Lipinski definition) is 14. The normalized spacial score (nSPS) is 45.2. The van der Waals surface area contributed by atoms with Crippen LogP contribution in [0.1, 0.15) is 32.6 Å². The Balaban J connectivity index is 1.57. The molecule has 0 aromatic rings. The molecule has 41 heavy (non-hydrogen) atoms. The van der Waals surface area contributed by atoms with Crippen LogP contribution < -0.4 is 33.2 Å². The van der Waals surface area contributed by atoms with Crippen LogP contribution >= 0.6 is 0 Å². The molecule has 0 bridgehead atoms. The highest BCUT2D eigenvalue weighted by molar-refractivity contribution is 5.11. The van der Waals surface area contributed by atoms with Gasteiger partial charge in [0.1, 0.15) is 29.7 Å². The molecule has 14 heteroatoms. The zero-order valence-electron chi connectivity index (χ0n) is 24.1. The Morgan fingerprint density at radius 3 is 2.44 bits per heavy atom. The molecule has 4 aliphatic rings. The largest absolute Gasteiger partial charge is 0.492 e. The molecule has 14 nitrogen and oxygen atoms in total. The van der Waals surface area contributed by atoms with Crippen molar-refractivity contribution >= 4 is 0 Å². The van der Waals surface area contributed by atoms with Gasteiger partial charge < -0.3 is 72.9 Å². The smallest absolute Gasteiger partial charge is 0.185 e. The quantitative estimate of drug-likeness (QED) is 0.104. The van der Waals surface area contributed by atoms with Gasteiger partial charge in [0.15, 0.2) is 6.29 Å². The fraction of sp³-hybridized carbons (Fsp3) is 0.926. The van der Waals surface area contributed by atoms with E-state index in [1.165, 1.54) is 0 Å². The van der Waals surface area contributed by atoms with E-state index >= 15 is 0 Å². The van der Waals surface area contributed by atoms with Gasteiger partial charge in [-0.3, -0.25) is 0 Å². The van der Waals surface area contributed by atoms with Crippen LogP contribution in [-0.4, -0.2) is 138 Å². The minimum atomic E-state index is -1.34. The Labute approximate surface area is 241 Å². The maximum atomic E-state index is 11.9. The topological polar surface area (TPSA) is 243 Å². The summed E-state index contributed by atoms with van der Waals surface area (Å²) in [6, 6.07) is -2.45. The molecule has 2 aliphatic carbocycles. The molecule has 11 atom stereocenters. The van der Waals surface area contributed by atoms with Gasteiger partial charge in [0.05, 0.1) is 44.6 Å². The van der Waals surface area contributed by atoms with E-state index in [1.54, 1.807) is 14.0 Å². The van der Waals surface area contributed by atoms with Crippen molar-refractivity contribution in [2.75, 3.05) is 40.0 Å². The molecule has 0 radical (unpaired) electrons. The zero-order valence-corrected chi connectivity index (χ0v) is 24.1. The average molecular weight is 589 g/mol. The van der Waals surface area contributed by atoms with Crippen molar-refractivity contribution in [3.05, 3.63) is 11.8 Å². The first-order valence-electron chi connectivity index (χ1n) is 14.8. The maximum absolute atomic E-state index is 11.9. The van der Waals surface area contributed by atoms with E-state index in [-0.39, 0.29) is 38.4 Å². The van der Waals surface area contributed by atoms with Crippen molar-refractivity contribution in [1.29, 1.82) is 0 Å². The molecule has 0 amide bonds. The van der Waals surface area contributed by atoms with Crippen LogP contribution in [0.5, 0.6) is 0 Å². The maximum Gasteiger partial charge on any atom is 0.185 e. The van der Waals surface area contributed by atoms with E-state index in [0.29, 0.717) is 24.5 Å². The molecular weight excluding hydrogens is 536 g/mol. The Hall–Kier alpha value is -0.980. The van der Waals surface area contributed by atoms with Crippen LogP contribution in [0, 0.1) is 11.8 Å². The Morgan fingerprint density at radius 2 is 1.83 bits per heavy atom. The summed E-state index contributed by atoms with van der Waals surface area (Å²) in [5, 5.41) is 62.8. The standard InChI is InChI=1S/C27H52N6O8/c1-27(38)12-39-26(22(37)25(27)31-2)41-24-19(33-15(10-34)11-35)7-17(30)20(21(24)36)23-18(4-3-16(8-28)40-23)32-9-13-5-14(29)6-13/h3,13-15,17-26,31-38H,4-12,28-30H2,1-2H3. The van der Waals surface area contributed by atoms with Gasteiger partial charge in [-0.2, -0.15) is 0 Å². The lowest BCUT2D eigenvalue weighted by Crippen LogP contribution is -2.70. The number of likely N-dealkylation sites (N-methyl/N-ethyl adjacent to an activating group) is 1. The van der Waals surface area contributed by atoms with E-state index in [2.05, 4.69) is 16.0 Å². The third kappa shape index (κ3) is 7.40. The number of aliphatic hydroxyl groups is 5. The van der Waals surface area contributed by atoms with E-state index in [0.717, 1.165) is 19.4 Å². The number of aliphatic hydroxyl groups excluding tert-OH is 4. The molecule has 2 saturated carbocycles. The molecule has 0 aromatic carbocycles. The predicted octanol–water partition coefficient (Wildman–Crippen LogP) is -4.23. The van der Waals surface area contributed by atoms with Crippen LogP contribution in [0.25, 0.3) is 0 Å². The van der Waals surface area contributed by atoms with Crippen molar-refractivity contribution in [3.8, 4) is 0 Å². The first kappa shape index (κ1) is 32.9. The van der Waals surface area contributed by atoms with Crippen molar-refractivity contribution < 1.29 is 39.7 Å². The summed E-state index contributed by atoms with van der Waals surface area (Å²) in [6.07, 6.45) is -0.206. The second-order valence-electron chi connectivity index (χ2n) is 12.5. The molecule has 4 rings (SSSR count). The molecule has 2 heterocycles. The van der Waals surface area contributed by atoms with Crippen molar-refractivity contribution in [2.24, 2.45) is 29.0 Å². The Bertz CT molecular complexity index is 860. The van der Waals surface area contributed by atoms with Crippen LogP contribution in [-0.2, 0) is 14.2 Å². The molecule has 3 fully saturated rings. The fourth-order valence-corrected chi connectivity index (χ4v) is 6.90.